The second kappa shape index (κ2) is 11.6. The number of carbonyl (C=O) groups excluding carboxylic acids is 1. The van der Waals surface area contributed by atoms with Crippen LogP contribution in [0.25, 0.3) is 10.2 Å². The summed E-state index contributed by atoms with van der Waals surface area (Å²) in [7, 11) is -1.17. The van der Waals surface area contributed by atoms with E-state index >= 15 is 0 Å². The molecule has 0 bridgehead atoms. The van der Waals surface area contributed by atoms with Crippen molar-refractivity contribution in [3.05, 3.63) is 51.3 Å². The number of ether oxygens (including phenoxy) is 2. The Kier molecular flexibility index (Phi) is 8.52. The van der Waals surface area contributed by atoms with Crippen molar-refractivity contribution in [3.8, 4) is 0 Å². The van der Waals surface area contributed by atoms with Crippen LogP contribution in [0.5, 0.6) is 0 Å². The predicted molar refractivity (Wildman–Crippen MR) is 152 cm³/mol. The third kappa shape index (κ3) is 6.69. The molecule has 0 saturated carbocycles. The highest BCUT2D eigenvalue weighted by Gasteiger charge is 2.16. The molecule has 4 aromatic rings. The molecule has 0 atom stereocenters. The number of rotatable bonds is 10. The van der Waals surface area contributed by atoms with Crippen LogP contribution in [0, 0.1) is 13.8 Å². The van der Waals surface area contributed by atoms with Crippen molar-refractivity contribution < 1.29 is 14.3 Å². The second-order valence-electron chi connectivity index (χ2n) is 9.75. The molecule has 37 heavy (non-hydrogen) atoms. The van der Waals surface area contributed by atoms with Crippen molar-refractivity contribution in [2.24, 2.45) is 4.99 Å². The fourth-order valence-electron chi connectivity index (χ4n) is 3.40. The molecule has 0 amide bonds. The summed E-state index contributed by atoms with van der Waals surface area (Å²) in [5, 5.41) is 14.1. The first kappa shape index (κ1) is 27.1. The fraction of sp³-hybridized carbons (Fsp3) is 0.400. The minimum absolute atomic E-state index is 0.268. The number of nitrogens with zero attached hydrogens (tertiary/aromatic N) is 5. The van der Waals surface area contributed by atoms with Gasteiger partial charge >= 0.3 is 5.97 Å². The van der Waals surface area contributed by atoms with E-state index in [2.05, 4.69) is 56.8 Å². The molecule has 0 unspecified atom stereocenters. The van der Waals surface area contributed by atoms with Crippen LogP contribution >= 0.6 is 22.7 Å². The molecule has 0 aliphatic rings. The SMILES string of the molecule is CCOC(=O)c1csc(Nc2nnc(N=c3sc4ccccc4n3COCC[Si](C)(C)C)c(C)c2C)n1. The molecule has 1 aromatic carbocycles. The lowest BCUT2D eigenvalue weighted by molar-refractivity contribution is 0.0520. The first-order valence-corrected chi connectivity index (χ1v) is 17.5. The third-order valence-electron chi connectivity index (χ3n) is 5.72. The first-order valence-electron chi connectivity index (χ1n) is 12.1. The Morgan fingerprint density at radius 2 is 1.95 bits per heavy atom. The number of carbonyl (C=O) groups is 1. The summed E-state index contributed by atoms with van der Waals surface area (Å²) in [6.07, 6.45) is 0. The molecule has 12 heteroatoms. The average Bonchev–Trinajstić information content (AvgIpc) is 3.46. The molecule has 3 aromatic heterocycles. The number of benzene rings is 1. The van der Waals surface area contributed by atoms with Gasteiger partial charge in [0.15, 0.2) is 27.3 Å². The van der Waals surface area contributed by atoms with Gasteiger partial charge in [-0.05, 0) is 38.9 Å². The molecule has 9 nitrogen and oxygen atoms in total. The summed E-state index contributed by atoms with van der Waals surface area (Å²) in [4.78, 5) is 21.9. The van der Waals surface area contributed by atoms with E-state index in [1.165, 1.54) is 11.3 Å². The van der Waals surface area contributed by atoms with E-state index in [1.54, 1.807) is 23.6 Å². The van der Waals surface area contributed by atoms with Crippen molar-refractivity contribution in [2.45, 2.75) is 53.2 Å². The Labute approximate surface area is 225 Å². The van der Waals surface area contributed by atoms with Crippen LogP contribution in [0.1, 0.15) is 28.5 Å². The molecular formula is C25H32N6O3S2Si. The Morgan fingerprint density at radius 3 is 2.70 bits per heavy atom. The highest BCUT2D eigenvalue weighted by atomic mass is 32.1. The number of aromatic nitrogens is 4. The minimum Gasteiger partial charge on any atom is -0.461 e. The Balaban J connectivity index is 1.60. The normalized spacial score (nSPS) is 12.3. The smallest absolute Gasteiger partial charge is 0.357 e. The quantitative estimate of drug-likeness (QED) is 0.144. The number of fused-ring (bicyclic) bond motifs is 1. The summed E-state index contributed by atoms with van der Waals surface area (Å²) < 4.78 is 14.3. The number of esters is 1. The van der Waals surface area contributed by atoms with Crippen molar-refractivity contribution in [2.75, 3.05) is 18.5 Å². The van der Waals surface area contributed by atoms with Gasteiger partial charge in [-0.3, -0.25) is 4.57 Å². The summed E-state index contributed by atoms with van der Waals surface area (Å²) in [6, 6.07) is 9.34. The van der Waals surface area contributed by atoms with Crippen LogP contribution in [-0.4, -0.2) is 47.0 Å². The van der Waals surface area contributed by atoms with Crippen molar-refractivity contribution in [3.63, 3.8) is 0 Å². The van der Waals surface area contributed by atoms with Gasteiger partial charge in [0, 0.05) is 31.2 Å². The Hall–Kier alpha value is -2.93. The molecule has 3 heterocycles. The van der Waals surface area contributed by atoms with E-state index in [0.29, 0.717) is 30.1 Å². The molecule has 0 aliphatic carbocycles. The standard InChI is InChI=1S/C25H32N6O3S2Si/c1-7-34-23(32)18-14-35-24(26-18)27-21-16(2)17(3)22(30-29-21)28-25-31(15-33-12-13-37(4,5)6)19-10-8-9-11-20(19)36-25/h8-11,14H,7,12-13,15H2,1-6H3,(H,26,27,29). The predicted octanol–water partition coefficient (Wildman–Crippen LogP) is 6.03. The number of para-hydroxylation sites is 1. The lowest BCUT2D eigenvalue weighted by atomic mass is 10.2. The van der Waals surface area contributed by atoms with Crippen molar-refractivity contribution >= 4 is 63.7 Å². The van der Waals surface area contributed by atoms with E-state index in [0.717, 1.165) is 38.8 Å². The Bertz CT molecular complexity index is 1470. The lowest BCUT2D eigenvalue weighted by Gasteiger charge is -2.15. The molecule has 0 fully saturated rings. The van der Waals surface area contributed by atoms with E-state index in [9.17, 15) is 4.79 Å². The average molecular weight is 557 g/mol. The van der Waals surface area contributed by atoms with Crippen LogP contribution in [0.3, 0.4) is 0 Å². The number of hydrogen-bond donors (Lipinski definition) is 1. The number of hydrogen-bond acceptors (Lipinski definition) is 10. The maximum absolute atomic E-state index is 11.9. The zero-order valence-electron chi connectivity index (χ0n) is 22.0. The fourth-order valence-corrected chi connectivity index (χ4v) is 5.86. The number of nitrogens with one attached hydrogen (secondary N) is 1. The maximum Gasteiger partial charge on any atom is 0.357 e. The Morgan fingerprint density at radius 1 is 1.16 bits per heavy atom. The van der Waals surface area contributed by atoms with E-state index in [1.807, 2.05) is 26.0 Å². The first-order chi connectivity index (χ1) is 17.7. The van der Waals surface area contributed by atoms with Gasteiger partial charge in [0.1, 0.15) is 6.73 Å². The molecule has 0 aliphatic heterocycles. The van der Waals surface area contributed by atoms with Gasteiger partial charge in [-0.25, -0.2) is 9.78 Å². The summed E-state index contributed by atoms with van der Waals surface area (Å²) in [6.45, 7) is 14.2. The van der Waals surface area contributed by atoms with Crippen molar-refractivity contribution in [1.29, 1.82) is 0 Å². The molecule has 4 rings (SSSR count). The minimum atomic E-state index is -1.17. The molecule has 1 N–H and O–H groups in total. The van der Waals surface area contributed by atoms with Crippen LogP contribution < -0.4 is 10.1 Å². The molecular weight excluding hydrogens is 525 g/mol. The summed E-state index contributed by atoms with van der Waals surface area (Å²) in [5.41, 5.74) is 3.16. The van der Waals surface area contributed by atoms with Gasteiger partial charge in [-0.2, -0.15) is 4.99 Å². The topological polar surface area (TPSA) is 104 Å². The van der Waals surface area contributed by atoms with Crippen LogP contribution in [0.15, 0.2) is 34.6 Å². The van der Waals surface area contributed by atoms with Crippen LogP contribution in [-0.2, 0) is 16.2 Å². The third-order valence-corrected chi connectivity index (χ3v) is 9.24. The lowest BCUT2D eigenvalue weighted by Crippen LogP contribution is -2.23. The highest BCUT2D eigenvalue weighted by molar-refractivity contribution is 7.16. The van der Waals surface area contributed by atoms with Crippen LogP contribution in [0.4, 0.5) is 16.8 Å². The zero-order chi connectivity index (χ0) is 26.6. The maximum atomic E-state index is 11.9. The van der Waals surface area contributed by atoms with Gasteiger partial charge in [0.05, 0.1) is 16.8 Å². The van der Waals surface area contributed by atoms with Gasteiger partial charge in [-0.15, -0.1) is 21.5 Å². The van der Waals surface area contributed by atoms with Gasteiger partial charge in [-0.1, -0.05) is 43.1 Å². The monoisotopic (exact) mass is 556 g/mol. The number of anilines is 2. The van der Waals surface area contributed by atoms with E-state index in [4.69, 9.17) is 14.5 Å². The largest absolute Gasteiger partial charge is 0.461 e. The van der Waals surface area contributed by atoms with Crippen LogP contribution in [0.2, 0.25) is 25.7 Å². The van der Waals surface area contributed by atoms with Gasteiger partial charge in [0.2, 0.25) is 0 Å². The van der Waals surface area contributed by atoms with Gasteiger partial charge < -0.3 is 14.8 Å². The molecule has 196 valence electrons. The molecule has 0 radical (unpaired) electrons. The zero-order valence-corrected chi connectivity index (χ0v) is 24.6. The highest BCUT2D eigenvalue weighted by Crippen LogP contribution is 2.27. The van der Waals surface area contributed by atoms with E-state index in [-0.39, 0.29) is 5.69 Å². The summed E-state index contributed by atoms with van der Waals surface area (Å²) >= 11 is 2.91. The summed E-state index contributed by atoms with van der Waals surface area (Å²) in [5.74, 6) is 0.679. The number of thiazole rings is 2. The second-order valence-corrected chi connectivity index (χ2v) is 17.2. The van der Waals surface area contributed by atoms with Gasteiger partial charge in [0.25, 0.3) is 0 Å². The molecule has 0 saturated heterocycles. The van der Waals surface area contributed by atoms with E-state index < -0.39 is 14.0 Å². The molecule has 0 spiro atoms. The van der Waals surface area contributed by atoms with Crippen molar-refractivity contribution in [1.82, 2.24) is 19.7 Å².